The van der Waals surface area contributed by atoms with Crippen molar-refractivity contribution in [1.82, 2.24) is 0 Å². The van der Waals surface area contributed by atoms with E-state index in [4.69, 9.17) is 4.74 Å². The standard InChI is InChI=1S/C18H20O/c1-12(2)11-14-7-6-10-17-18(14)13(3)15-8-4-5-9-16(15)19-17/h4-10,12-13H,11H2,1-3H3. The van der Waals surface area contributed by atoms with E-state index in [1.807, 2.05) is 6.07 Å². The van der Waals surface area contributed by atoms with Gasteiger partial charge in [-0.3, -0.25) is 0 Å². The number of ether oxygens (including phenoxy) is 1. The molecule has 0 radical (unpaired) electrons. The summed E-state index contributed by atoms with van der Waals surface area (Å²) in [4.78, 5) is 0. The highest BCUT2D eigenvalue weighted by molar-refractivity contribution is 5.55. The van der Waals surface area contributed by atoms with E-state index in [1.54, 1.807) is 0 Å². The normalized spacial score (nSPS) is 16.7. The maximum absolute atomic E-state index is 6.07. The van der Waals surface area contributed by atoms with Gasteiger partial charge in [-0.1, -0.05) is 51.1 Å². The van der Waals surface area contributed by atoms with Crippen LogP contribution in [0.15, 0.2) is 42.5 Å². The smallest absolute Gasteiger partial charge is 0.131 e. The third-order valence-corrected chi connectivity index (χ3v) is 3.82. The van der Waals surface area contributed by atoms with Crippen LogP contribution in [0.4, 0.5) is 0 Å². The van der Waals surface area contributed by atoms with Gasteiger partial charge in [-0.15, -0.1) is 0 Å². The maximum Gasteiger partial charge on any atom is 0.131 e. The zero-order valence-electron chi connectivity index (χ0n) is 11.8. The van der Waals surface area contributed by atoms with Gasteiger partial charge in [0, 0.05) is 17.0 Å². The van der Waals surface area contributed by atoms with Crippen LogP contribution >= 0.6 is 0 Å². The van der Waals surface area contributed by atoms with E-state index >= 15 is 0 Å². The maximum atomic E-state index is 6.07. The third kappa shape index (κ3) is 2.14. The number of rotatable bonds is 2. The molecule has 0 aliphatic carbocycles. The van der Waals surface area contributed by atoms with Gasteiger partial charge in [0.05, 0.1) is 0 Å². The molecule has 0 bridgehead atoms. The first-order valence-electron chi connectivity index (χ1n) is 7.05. The molecule has 0 amide bonds. The van der Waals surface area contributed by atoms with Crippen molar-refractivity contribution in [2.45, 2.75) is 33.1 Å². The van der Waals surface area contributed by atoms with Crippen molar-refractivity contribution in [1.29, 1.82) is 0 Å². The van der Waals surface area contributed by atoms with E-state index < -0.39 is 0 Å². The SMILES string of the molecule is CC(C)Cc1cccc2c1C(C)c1ccccc1O2. The molecule has 2 aromatic rings. The minimum Gasteiger partial charge on any atom is -0.457 e. The molecular formula is C18H20O. The molecule has 19 heavy (non-hydrogen) atoms. The molecule has 1 heterocycles. The summed E-state index contributed by atoms with van der Waals surface area (Å²) in [6.45, 7) is 6.81. The lowest BCUT2D eigenvalue weighted by molar-refractivity contribution is 0.447. The van der Waals surface area contributed by atoms with Gasteiger partial charge in [0.2, 0.25) is 0 Å². The summed E-state index contributed by atoms with van der Waals surface area (Å²) >= 11 is 0. The first-order valence-corrected chi connectivity index (χ1v) is 7.05. The van der Waals surface area contributed by atoms with Crippen LogP contribution in [0.25, 0.3) is 0 Å². The van der Waals surface area contributed by atoms with Crippen LogP contribution in [0, 0.1) is 5.92 Å². The van der Waals surface area contributed by atoms with Gasteiger partial charge < -0.3 is 4.74 Å². The van der Waals surface area contributed by atoms with Gasteiger partial charge in [0.25, 0.3) is 0 Å². The van der Waals surface area contributed by atoms with E-state index in [-0.39, 0.29) is 0 Å². The Morgan fingerprint density at radius 2 is 1.74 bits per heavy atom. The van der Waals surface area contributed by atoms with Crippen molar-refractivity contribution in [3.63, 3.8) is 0 Å². The zero-order valence-corrected chi connectivity index (χ0v) is 11.8. The lowest BCUT2D eigenvalue weighted by atomic mass is 9.84. The van der Waals surface area contributed by atoms with Crippen LogP contribution in [0.1, 0.15) is 43.4 Å². The molecular weight excluding hydrogens is 232 g/mol. The molecule has 0 fully saturated rings. The van der Waals surface area contributed by atoms with Crippen LogP contribution in [0.3, 0.4) is 0 Å². The topological polar surface area (TPSA) is 9.23 Å². The van der Waals surface area contributed by atoms with E-state index in [1.165, 1.54) is 16.7 Å². The van der Waals surface area contributed by atoms with Crippen molar-refractivity contribution in [2.24, 2.45) is 5.92 Å². The summed E-state index contributed by atoms with van der Waals surface area (Å²) < 4.78 is 6.07. The molecule has 1 unspecified atom stereocenters. The van der Waals surface area contributed by atoms with Crippen LogP contribution in [-0.4, -0.2) is 0 Å². The van der Waals surface area contributed by atoms with Gasteiger partial charge in [-0.2, -0.15) is 0 Å². The number of para-hydroxylation sites is 1. The van der Waals surface area contributed by atoms with Crippen LogP contribution in [-0.2, 0) is 6.42 Å². The van der Waals surface area contributed by atoms with Gasteiger partial charge in [-0.05, 0) is 30.0 Å². The molecule has 2 aromatic carbocycles. The largest absolute Gasteiger partial charge is 0.457 e. The van der Waals surface area contributed by atoms with Crippen molar-refractivity contribution < 1.29 is 4.74 Å². The monoisotopic (exact) mass is 252 g/mol. The second-order valence-electron chi connectivity index (χ2n) is 5.79. The Morgan fingerprint density at radius 3 is 2.53 bits per heavy atom. The van der Waals surface area contributed by atoms with Crippen molar-refractivity contribution in [3.8, 4) is 11.5 Å². The zero-order chi connectivity index (χ0) is 13.4. The highest BCUT2D eigenvalue weighted by atomic mass is 16.5. The van der Waals surface area contributed by atoms with Gasteiger partial charge in [0.15, 0.2) is 0 Å². The summed E-state index contributed by atoms with van der Waals surface area (Å²) in [5.41, 5.74) is 4.09. The number of fused-ring (bicyclic) bond motifs is 2. The Morgan fingerprint density at radius 1 is 1.00 bits per heavy atom. The van der Waals surface area contributed by atoms with Gasteiger partial charge in [-0.25, -0.2) is 0 Å². The Labute approximate surface area is 115 Å². The summed E-state index contributed by atoms with van der Waals surface area (Å²) in [6, 6.07) is 14.8. The number of hydrogen-bond donors (Lipinski definition) is 0. The molecule has 98 valence electrons. The van der Waals surface area contributed by atoms with E-state index in [0.717, 1.165) is 17.9 Å². The molecule has 0 spiro atoms. The fourth-order valence-electron chi connectivity index (χ4n) is 2.99. The minimum absolute atomic E-state index is 0.412. The Kier molecular flexibility index (Phi) is 3.06. The fourth-order valence-corrected chi connectivity index (χ4v) is 2.99. The molecule has 3 rings (SSSR count). The molecule has 1 heteroatoms. The second-order valence-corrected chi connectivity index (χ2v) is 5.79. The molecule has 0 saturated heterocycles. The van der Waals surface area contributed by atoms with E-state index in [2.05, 4.69) is 57.2 Å². The van der Waals surface area contributed by atoms with Gasteiger partial charge >= 0.3 is 0 Å². The number of hydrogen-bond acceptors (Lipinski definition) is 1. The Bertz CT molecular complexity index is 598. The molecule has 0 N–H and O–H groups in total. The highest BCUT2D eigenvalue weighted by Crippen LogP contribution is 2.45. The first kappa shape index (κ1) is 12.3. The Balaban J connectivity index is 2.10. The predicted octanol–water partition coefficient (Wildman–Crippen LogP) is 5.14. The molecule has 1 aliphatic heterocycles. The summed E-state index contributed by atoms with van der Waals surface area (Å²) in [7, 11) is 0. The van der Waals surface area contributed by atoms with Crippen molar-refractivity contribution >= 4 is 0 Å². The summed E-state index contributed by atoms with van der Waals surface area (Å²) in [6.07, 6.45) is 1.11. The first-order chi connectivity index (χ1) is 9.16. The number of benzene rings is 2. The lowest BCUT2D eigenvalue weighted by Gasteiger charge is -2.28. The average Bonchev–Trinajstić information content (AvgIpc) is 2.38. The molecule has 1 nitrogen and oxygen atoms in total. The quantitative estimate of drug-likeness (QED) is 0.718. The van der Waals surface area contributed by atoms with Gasteiger partial charge in [0.1, 0.15) is 11.5 Å². The molecule has 0 aromatic heterocycles. The van der Waals surface area contributed by atoms with E-state index in [0.29, 0.717) is 11.8 Å². The molecule has 1 aliphatic rings. The lowest BCUT2D eigenvalue weighted by Crippen LogP contribution is -2.11. The van der Waals surface area contributed by atoms with Crippen LogP contribution in [0.2, 0.25) is 0 Å². The minimum atomic E-state index is 0.412. The van der Waals surface area contributed by atoms with Crippen molar-refractivity contribution in [3.05, 3.63) is 59.2 Å². The van der Waals surface area contributed by atoms with Crippen LogP contribution in [0.5, 0.6) is 11.5 Å². The third-order valence-electron chi connectivity index (χ3n) is 3.82. The fraction of sp³-hybridized carbons (Fsp3) is 0.333. The van der Waals surface area contributed by atoms with Crippen LogP contribution < -0.4 is 4.74 Å². The summed E-state index contributed by atoms with van der Waals surface area (Å²) in [5.74, 6) is 3.11. The second kappa shape index (κ2) is 4.73. The summed E-state index contributed by atoms with van der Waals surface area (Å²) in [5, 5.41) is 0. The molecule has 0 saturated carbocycles. The Hall–Kier alpha value is -1.76. The van der Waals surface area contributed by atoms with E-state index in [9.17, 15) is 0 Å². The predicted molar refractivity (Wildman–Crippen MR) is 79.0 cm³/mol. The average molecular weight is 252 g/mol. The highest BCUT2D eigenvalue weighted by Gasteiger charge is 2.25. The molecule has 1 atom stereocenters. The van der Waals surface area contributed by atoms with Crippen molar-refractivity contribution in [2.75, 3.05) is 0 Å².